The molecule has 2 aromatic rings. The van der Waals surface area contributed by atoms with Gasteiger partial charge in [-0.15, -0.1) is 0 Å². The number of carbonyl (C=O) groups excluding carboxylic acids is 1. The van der Waals surface area contributed by atoms with Crippen LogP contribution in [0.3, 0.4) is 0 Å². The Morgan fingerprint density at radius 2 is 2.16 bits per heavy atom. The molecular weight excluding hydrogens is 318 g/mol. The fourth-order valence-corrected chi connectivity index (χ4v) is 3.44. The lowest BCUT2D eigenvalue weighted by Gasteiger charge is -2.33. The number of benzene rings is 1. The van der Waals surface area contributed by atoms with Crippen LogP contribution < -0.4 is 0 Å². The maximum absolute atomic E-state index is 12.6. The summed E-state index contributed by atoms with van der Waals surface area (Å²) in [7, 11) is 1.88. The molecule has 132 valence electrons. The molecule has 6 heteroatoms. The summed E-state index contributed by atoms with van der Waals surface area (Å²) in [5.74, 6) is -0.559. The SMILES string of the molecule is Cn1nccc1CCC(=O)N1CCC[C@@H](c2cccc(C(=O)O)c2)C1. The lowest BCUT2D eigenvalue weighted by atomic mass is 9.89. The number of aromatic carboxylic acids is 1. The van der Waals surface area contributed by atoms with Crippen LogP contribution in [-0.4, -0.2) is 44.8 Å². The van der Waals surface area contributed by atoms with Crippen molar-refractivity contribution in [1.29, 1.82) is 0 Å². The number of carbonyl (C=O) groups is 2. The standard InChI is InChI=1S/C19H23N3O3/c1-21-17(9-10-20-21)7-8-18(23)22-11-3-6-16(13-22)14-4-2-5-15(12-14)19(24)25/h2,4-5,9-10,12,16H,3,6-8,11,13H2,1H3,(H,24,25)/t16-/m1/s1. The van der Waals surface area contributed by atoms with Gasteiger partial charge in [-0.05, 0) is 43.0 Å². The van der Waals surface area contributed by atoms with Gasteiger partial charge in [-0.2, -0.15) is 5.10 Å². The third-order valence-electron chi connectivity index (χ3n) is 4.90. The number of piperidine rings is 1. The topological polar surface area (TPSA) is 75.4 Å². The van der Waals surface area contributed by atoms with E-state index in [-0.39, 0.29) is 11.8 Å². The average Bonchev–Trinajstić information content (AvgIpc) is 3.05. The zero-order valence-corrected chi connectivity index (χ0v) is 14.4. The van der Waals surface area contributed by atoms with Crippen molar-refractivity contribution in [1.82, 2.24) is 14.7 Å². The summed E-state index contributed by atoms with van der Waals surface area (Å²) >= 11 is 0. The number of hydrogen-bond donors (Lipinski definition) is 1. The summed E-state index contributed by atoms with van der Waals surface area (Å²) in [5.41, 5.74) is 2.36. The van der Waals surface area contributed by atoms with E-state index >= 15 is 0 Å². The van der Waals surface area contributed by atoms with E-state index in [1.54, 1.807) is 29.1 Å². The fraction of sp³-hybridized carbons (Fsp3) is 0.421. The first-order valence-electron chi connectivity index (χ1n) is 8.62. The molecule has 6 nitrogen and oxygen atoms in total. The van der Waals surface area contributed by atoms with Gasteiger partial charge in [0.15, 0.2) is 0 Å². The van der Waals surface area contributed by atoms with Crippen molar-refractivity contribution in [2.45, 2.75) is 31.6 Å². The zero-order chi connectivity index (χ0) is 17.8. The van der Waals surface area contributed by atoms with Gasteiger partial charge >= 0.3 is 5.97 Å². The number of nitrogens with zero attached hydrogens (tertiary/aromatic N) is 3. The van der Waals surface area contributed by atoms with Crippen LogP contribution in [0.25, 0.3) is 0 Å². The first-order valence-corrected chi connectivity index (χ1v) is 8.62. The van der Waals surface area contributed by atoms with E-state index in [2.05, 4.69) is 5.10 Å². The molecule has 0 saturated carbocycles. The summed E-state index contributed by atoms with van der Waals surface area (Å²) in [6.45, 7) is 1.44. The Balaban J connectivity index is 1.62. The van der Waals surface area contributed by atoms with Crippen molar-refractivity contribution in [3.05, 3.63) is 53.3 Å². The predicted molar refractivity (Wildman–Crippen MR) is 93.5 cm³/mol. The Morgan fingerprint density at radius 3 is 2.88 bits per heavy atom. The van der Waals surface area contributed by atoms with E-state index < -0.39 is 5.97 Å². The monoisotopic (exact) mass is 341 g/mol. The van der Waals surface area contributed by atoms with Gasteiger partial charge in [-0.1, -0.05) is 12.1 Å². The van der Waals surface area contributed by atoms with E-state index in [1.165, 1.54) is 0 Å². The molecule has 0 radical (unpaired) electrons. The number of aryl methyl sites for hydroxylation is 2. The Bertz CT molecular complexity index is 769. The largest absolute Gasteiger partial charge is 0.478 e. The summed E-state index contributed by atoms with van der Waals surface area (Å²) in [4.78, 5) is 25.6. The minimum atomic E-state index is -0.915. The van der Waals surface area contributed by atoms with Gasteiger partial charge in [0.25, 0.3) is 0 Å². The lowest BCUT2D eigenvalue weighted by Crippen LogP contribution is -2.39. The molecule has 3 rings (SSSR count). The molecule has 1 aromatic heterocycles. The molecule has 1 atom stereocenters. The average molecular weight is 341 g/mol. The highest BCUT2D eigenvalue weighted by atomic mass is 16.4. The molecule has 1 fully saturated rings. The van der Waals surface area contributed by atoms with Crippen molar-refractivity contribution < 1.29 is 14.7 Å². The number of amides is 1. The van der Waals surface area contributed by atoms with Crippen molar-refractivity contribution in [2.75, 3.05) is 13.1 Å². The van der Waals surface area contributed by atoms with Gasteiger partial charge in [0, 0.05) is 44.4 Å². The lowest BCUT2D eigenvalue weighted by molar-refractivity contribution is -0.132. The number of carboxylic acid groups (broad SMARTS) is 1. The predicted octanol–water partition coefficient (Wildman–Crippen LogP) is 2.46. The van der Waals surface area contributed by atoms with Crippen LogP contribution in [0.5, 0.6) is 0 Å². The first kappa shape index (κ1) is 17.2. The molecule has 1 aromatic carbocycles. The van der Waals surface area contributed by atoms with Crippen LogP contribution in [-0.2, 0) is 18.3 Å². The van der Waals surface area contributed by atoms with Gasteiger partial charge < -0.3 is 10.0 Å². The Kier molecular flexibility index (Phi) is 5.16. The number of likely N-dealkylation sites (tertiary alicyclic amines) is 1. The molecule has 1 amide bonds. The highest BCUT2D eigenvalue weighted by Gasteiger charge is 2.25. The molecule has 1 aliphatic heterocycles. The zero-order valence-electron chi connectivity index (χ0n) is 14.4. The van der Waals surface area contributed by atoms with Crippen molar-refractivity contribution in [3.63, 3.8) is 0 Å². The van der Waals surface area contributed by atoms with Crippen LogP contribution in [0.2, 0.25) is 0 Å². The minimum Gasteiger partial charge on any atom is -0.478 e. The molecule has 0 unspecified atom stereocenters. The summed E-state index contributed by atoms with van der Waals surface area (Å²) in [5, 5.41) is 13.3. The maximum Gasteiger partial charge on any atom is 0.335 e. The second-order valence-electron chi connectivity index (χ2n) is 6.56. The van der Waals surface area contributed by atoms with Crippen molar-refractivity contribution in [3.8, 4) is 0 Å². The molecule has 1 N–H and O–H groups in total. The third-order valence-corrected chi connectivity index (χ3v) is 4.90. The maximum atomic E-state index is 12.6. The van der Waals surface area contributed by atoms with Crippen molar-refractivity contribution in [2.24, 2.45) is 7.05 Å². The number of rotatable bonds is 5. The Morgan fingerprint density at radius 1 is 1.32 bits per heavy atom. The second kappa shape index (κ2) is 7.51. The summed E-state index contributed by atoms with van der Waals surface area (Å²) < 4.78 is 1.80. The Labute approximate surface area is 147 Å². The van der Waals surface area contributed by atoms with Crippen molar-refractivity contribution >= 4 is 11.9 Å². The normalized spacial score (nSPS) is 17.5. The van der Waals surface area contributed by atoms with Gasteiger partial charge in [0.1, 0.15) is 0 Å². The molecule has 0 bridgehead atoms. The van der Waals surface area contributed by atoms with Gasteiger partial charge in [0.2, 0.25) is 5.91 Å². The summed E-state index contributed by atoms with van der Waals surface area (Å²) in [6, 6.07) is 9.01. The van der Waals surface area contributed by atoms with Crippen LogP contribution >= 0.6 is 0 Å². The second-order valence-corrected chi connectivity index (χ2v) is 6.56. The van der Waals surface area contributed by atoms with Crippen LogP contribution in [0.4, 0.5) is 0 Å². The number of aromatic nitrogens is 2. The molecule has 0 aliphatic carbocycles. The minimum absolute atomic E-state index is 0.153. The Hall–Kier alpha value is -2.63. The highest BCUT2D eigenvalue weighted by molar-refractivity contribution is 5.87. The van der Waals surface area contributed by atoms with Crippen LogP contribution in [0.15, 0.2) is 36.5 Å². The molecular formula is C19H23N3O3. The number of hydrogen-bond acceptors (Lipinski definition) is 3. The first-order chi connectivity index (χ1) is 12.0. The summed E-state index contributed by atoms with van der Waals surface area (Å²) in [6.07, 6.45) is 4.83. The quantitative estimate of drug-likeness (QED) is 0.906. The third kappa shape index (κ3) is 4.07. The smallest absolute Gasteiger partial charge is 0.335 e. The fourth-order valence-electron chi connectivity index (χ4n) is 3.44. The van der Waals surface area contributed by atoms with E-state index in [0.717, 1.165) is 30.6 Å². The molecule has 2 heterocycles. The van der Waals surface area contributed by atoms with E-state index in [1.807, 2.05) is 24.1 Å². The van der Waals surface area contributed by atoms with E-state index in [9.17, 15) is 9.59 Å². The van der Waals surface area contributed by atoms with Gasteiger partial charge in [-0.3, -0.25) is 9.48 Å². The molecule has 25 heavy (non-hydrogen) atoms. The molecule has 0 spiro atoms. The van der Waals surface area contributed by atoms with Crippen LogP contribution in [0.1, 0.15) is 46.8 Å². The van der Waals surface area contributed by atoms with Gasteiger partial charge in [-0.25, -0.2) is 4.79 Å². The van der Waals surface area contributed by atoms with Crippen LogP contribution in [0, 0.1) is 0 Å². The molecule has 1 aliphatic rings. The molecule has 1 saturated heterocycles. The van der Waals surface area contributed by atoms with E-state index in [0.29, 0.717) is 24.9 Å². The number of carboxylic acids is 1. The highest BCUT2D eigenvalue weighted by Crippen LogP contribution is 2.28. The van der Waals surface area contributed by atoms with Gasteiger partial charge in [0.05, 0.1) is 5.56 Å². The van der Waals surface area contributed by atoms with E-state index in [4.69, 9.17) is 5.11 Å².